The van der Waals surface area contributed by atoms with Crippen molar-refractivity contribution < 1.29 is 9.32 Å². The van der Waals surface area contributed by atoms with E-state index in [4.69, 9.17) is 10.3 Å². The van der Waals surface area contributed by atoms with E-state index in [0.717, 1.165) is 14.6 Å². The van der Waals surface area contributed by atoms with Crippen LogP contribution in [0.15, 0.2) is 27.2 Å². The van der Waals surface area contributed by atoms with Gasteiger partial charge in [0.05, 0.1) is 12.2 Å². The normalized spacial score (nSPS) is 11.0. The van der Waals surface area contributed by atoms with Crippen molar-refractivity contribution in [2.75, 3.05) is 5.73 Å². The Morgan fingerprint density at radius 2 is 2.33 bits per heavy atom. The van der Waals surface area contributed by atoms with Gasteiger partial charge in [-0.25, -0.2) is 0 Å². The minimum Gasteiger partial charge on any atom is -0.397 e. The second-order valence-electron chi connectivity index (χ2n) is 4.40. The number of halogens is 1. The predicted molar refractivity (Wildman–Crippen MR) is 84.1 cm³/mol. The zero-order valence-corrected chi connectivity index (χ0v) is 13.4. The fourth-order valence-corrected chi connectivity index (χ4v) is 3.29. The molecule has 6 nitrogen and oxygen atoms in total. The summed E-state index contributed by atoms with van der Waals surface area (Å²) >= 11 is 4.75. The predicted octanol–water partition coefficient (Wildman–Crippen LogP) is 2.87. The molecule has 2 heterocycles. The first-order chi connectivity index (χ1) is 10.0. The topological polar surface area (TPSA) is 94.0 Å². The minimum atomic E-state index is -0.249. The molecule has 0 fully saturated rings. The van der Waals surface area contributed by atoms with Gasteiger partial charge in [0.25, 0.3) is 5.91 Å². The van der Waals surface area contributed by atoms with Crippen LogP contribution in [0.2, 0.25) is 0 Å². The van der Waals surface area contributed by atoms with Crippen molar-refractivity contribution in [1.29, 1.82) is 0 Å². The molecule has 8 heteroatoms. The standard InChI is InChI=1S/C13H11BrN4O2S/c1-6-17-10(20-18-6)5-16-13(19)12-11(15)8-4-7(14)2-3-9(8)21-12/h2-4H,5,15H2,1H3,(H,16,19). The highest BCUT2D eigenvalue weighted by Crippen LogP contribution is 2.35. The van der Waals surface area contributed by atoms with Crippen LogP contribution in [0.3, 0.4) is 0 Å². The van der Waals surface area contributed by atoms with Crippen LogP contribution in [0.25, 0.3) is 10.1 Å². The quantitative estimate of drug-likeness (QED) is 0.742. The Morgan fingerprint density at radius 3 is 3.05 bits per heavy atom. The maximum absolute atomic E-state index is 12.2. The maximum Gasteiger partial charge on any atom is 0.263 e. The number of amides is 1. The van der Waals surface area contributed by atoms with E-state index in [1.807, 2.05) is 18.2 Å². The molecule has 0 bridgehead atoms. The van der Waals surface area contributed by atoms with Crippen LogP contribution in [0.5, 0.6) is 0 Å². The molecule has 0 saturated carbocycles. The van der Waals surface area contributed by atoms with Crippen molar-refractivity contribution in [2.24, 2.45) is 0 Å². The van der Waals surface area contributed by atoms with Gasteiger partial charge in [-0.2, -0.15) is 4.98 Å². The van der Waals surface area contributed by atoms with Crippen molar-refractivity contribution in [2.45, 2.75) is 13.5 Å². The molecule has 0 saturated heterocycles. The summed E-state index contributed by atoms with van der Waals surface area (Å²) in [5.74, 6) is 0.648. The van der Waals surface area contributed by atoms with E-state index in [2.05, 4.69) is 31.4 Å². The molecule has 3 aromatic rings. The SMILES string of the molecule is Cc1noc(CNC(=O)c2sc3ccc(Br)cc3c2N)n1. The highest BCUT2D eigenvalue weighted by molar-refractivity contribution is 9.10. The molecular formula is C13H11BrN4O2S. The van der Waals surface area contributed by atoms with E-state index in [-0.39, 0.29) is 12.5 Å². The number of carbonyl (C=O) groups is 1. The van der Waals surface area contributed by atoms with Crippen molar-refractivity contribution >= 4 is 48.9 Å². The number of nitrogens with one attached hydrogen (secondary N) is 1. The number of hydrogen-bond acceptors (Lipinski definition) is 6. The fourth-order valence-electron chi connectivity index (χ4n) is 1.91. The van der Waals surface area contributed by atoms with E-state index >= 15 is 0 Å². The lowest BCUT2D eigenvalue weighted by Gasteiger charge is -2.00. The number of benzene rings is 1. The van der Waals surface area contributed by atoms with E-state index in [1.165, 1.54) is 11.3 Å². The molecule has 0 aliphatic rings. The van der Waals surface area contributed by atoms with Gasteiger partial charge in [0.2, 0.25) is 5.89 Å². The van der Waals surface area contributed by atoms with E-state index in [1.54, 1.807) is 6.92 Å². The summed E-state index contributed by atoms with van der Waals surface area (Å²) in [5, 5.41) is 7.26. The van der Waals surface area contributed by atoms with E-state index in [9.17, 15) is 4.79 Å². The Kier molecular flexibility index (Phi) is 3.64. The number of aryl methyl sites for hydroxylation is 1. The second-order valence-corrected chi connectivity index (χ2v) is 6.37. The van der Waals surface area contributed by atoms with Crippen LogP contribution in [0.4, 0.5) is 5.69 Å². The minimum absolute atomic E-state index is 0.178. The van der Waals surface area contributed by atoms with Crippen LogP contribution in [0.1, 0.15) is 21.4 Å². The Labute approximate surface area is 132 Å². The van der Waals surface area contributed by atoms with Gasteiger partial charge in [0, 0.05) is 14.6 Å². The lowest BCUT2D eigenvalue weighted by atomic mass is 10.2. The Hall–Kier alpha value is -1.93. The average Bonchev–Trinajstić information content (AvgIpc) is 3.01. The Balaban J connectivity index is 1.82. The molecule has 21 heavy (non-hydrogen) atoms. The molecule has 3 N–H and O–H groups in total. The zero-order valence-electron chi connectivity index (χ0n) is 11.0. The van der Waals surface area contributed by atoms with E-state index in [0.29, 0.717) is 22.3 Å². The van der Waals surface area contributed by atoms with Gasteiger partial charge in [-0.15, -0.1) is 11.3 Å². The van der Waals surface area contributed by atoms with Crippen LogP contribution in [0, 0.1) is 6.92 Å². The third-order valence-corrected chi connectivity index (χ3v) is 4.54. The van der Waals surface area contributed by atoms with E-state index < -0.39 is 0 Å². The molecule has 0 aliphatic carbocycles. The van der Waals surface area contributed by atoms with Crippen molar-refractivity contribution in [1.82, 2.24) is 15.5 Å². The smallest absolute Gasteiger partial charge is 0.263 e. The van der Waals surface area contributed by atoms with Gasteiger partial charge < -0.3 is 15.6 Å². The number of rotatable bonds is 3. The monoisotopic (exact) mass is 366 g/mol. The number of fused-ring (bicyclic) bond motifs is 1. The number of carbonyl (C=O) groups excluding carboxylic acids is 1. The van der Waals surface area contributed by atoms with Gasteiger partial charge in [0.15, 0.2) is 5.82 Å². The largest absolute Gasteiger partial charge is 0.397 e. The third-order valence-electron chi connectivity index (χ3n) is 2.86. The molecular weight excluding hydrogens is 356 g/mol. The summed E-state index contributed by atoms with van der Waals surface area (Å²) in [4.78, 5) is 16.7. The first-order valence-corrected chi connectivity index (χ1v) is 7.70. The molecule has 0 aliphatic heterocycles. The molecule has 0 atom stereocenters. The number of hydrogen-bond donors (Lipinski definition) is 2. The maximum atomic E-state index is 12.2. The number of anilines is 1. The lowest BCUT2D eigenvalue weighted by molar-refractivity contribution is 0.0951. The van der Waals surface area contributed by atoms with Gasteiger partial charge >= 0.3 is 0 Å². The summed E-state index contributed by atoms with van der Waals surface area (Å²) in [6.07, 6.45) is 0. The third kappa shape index (κ3) is 2.77. The lowest BCUT2D eigenvalue weighted by Crippen LogP contribution is -2.22. The summed E-state index contributed by atoms with van der Waals surface area (Å²) < 4.78 is 6.84. The summed E-state index contributed by atoms with van der Waals surface area (Å²) in [6, 6.07) is 5.75. The van der Waals surface area contributed by atoms with Gasteiger partial charge in [-0.1, -0.05) is 21.1 Å². The van der Waals surface area contributed by atoms with Gasteiger partial charge in [0.1, 0.15) is 4.88 Å². The summed E-state index contributed by atoms with van der Waals surface area (Å²) in [6.45, 7) is 1.90. The molecule has 0 radical (unpaired) electrons. The first kappa shape index (κ1) is 14.0. The Bertz CT molecular complexity index is 827. The van der Waals surface area contributed by atoms with Crippen molar-refractivity contribution in [3.8, 4) is 0 Å². The number of nitrogen functional groups attached to an aromatic ring is 1. The number of nitrogens with two attached hydrogens (primary N) is 1. The van der Waals surface area contributed by atoms with Gasteiger partial charge in [-0.05, 0) is 25.1 Å². The number of aromatic nitrogens is 2. The van der Waals surface area contributed by atoms with Crippen LogP contribution < -0.4 is 11.1 Å². The first-order valence-electron chi connectivity index (χ1n) is 6.09. The molecule has 0 unspecified atom stereocenters. The summed E-state index contributed by atoms with van der Waals surface area (Å²) in [5.41, 5.74) is 6.54. The molecule has 3 rings (SSSR count). The van der Waals surface area contributed by atoms with Crippen molar-refractivity contribution in [3.05, 3.63) is 39.3 Å². The molecule has 1 amide bonds. The number of thiophene rings is 1. The van der Waals surface area contributed by atoms with Crippen LogP contribution in [-0.2, 0) is 6.54 Å². The summed E-state index contributed by atoms with van der Waals surface area (Å²) in [7, 11) is 0. The highest BCUT2D eigenvalue weighted by atomic mass is 79.9. The van der Waals surface area contributed by atoms with Crippen LogP contribution in [-0.4, -0.2) is 16.0 Å². The number of nitrogens with zero attached hydrogens (tertiary/aromatic N) is 2. The Morgan fingerprint density at radius 1 is 1.52 bits per heavy atom. The van der Waals surface area contributed by atoms with Crippen LogP contribution >= 0.6 is 27.3 Å². The van der Waals surface area contributed by atoms with Crippen molar-refractivity contribution in [3.63, 3.8) is 0 Å². The average molecular weight is 367 g/mol. The highest BCUT2D eigenvalue weighted by Gasteiger charge is 2.17. The zero-order chi connectivity index (χ0) is 15.0. The molecule has 2 aromatic heterocycles. The fraction of sp³-hybridized carbons (Fsp3) is 0.154. The molecule has 0 spiro atoms. The second kappa shape index (κ2) is 5.45. The molecule has 108 valence electrons. The molecule has 1 aromatic carbocycles. The van der Waals surface area contributed by atoms with Gasteiger partial charge in [-0.3, -0.25) is 4.79 Å².